The third-order valence-electron chi connectivity index (χ3n) is 2.39. The lowest BCUT2D eigenvalue weighted by atomic mass is 10.2. The van der Waals surface area contributed by atoms with E-state index < -0.39 is 10.0 Å². The molecule has 0 spiro atoms. The number of sulfonamides is 1. The highest BCUT2D eigenvalue weighted by Gasteiger charge is 2.22. The van der Waals surface area contributed by atoms with Crippen molar-refractivity contribution in [2.24, 2.45) is 0 Å². The first-order valence-electron chi connectivity index (χ1n) is 4.88. The second-order valence-corrected chi connectivity index (χ2v) is 5.75. The lowest BCUT2D eigenvalue weighted by Crippen LogP contribution is -2.32. The van der Waals surface area contributed by atoms with Crippen molar-refractivity contribution in [2.75, 3.05) is 7.05 Å². The van der Waals surface area contributed by atoms with Crippen LogP contribution in [0.4, 0.5) is 0 Å². The van der Waals surface area contributed by atoms with Crippen molar-refractivity contribution in [3.05, 3.63) is 29.8 Å². The van der Waals surface area contributed by atoms with E-state index in [0.717, 1.165) is 0 Å². The minimum absolute atomic E-state index is 0.0966. The van der Waals surface area contributed by atoms with Gasteiger partial charge in [-0.3, -0.25) is 0 Å². The molecule has 0 unspecified atom stereocenters. The topological polar surface area (TPSA) is 61.2 Å². The molecule has 0 aliphatic heterocycles. The van der Waals surface area contributed by atoms with Crippen molar-refractivity contribution in [1.29, 1.82) is 5.26 Å². The maximum absolute atomic E-state index is 12.0. The molecular weight excluding hydrogens is 224 g/mol. The van der Waals surface area contributed by atoms with Gasteiger partial charge in [-0.05, 0) is 38.1 Å². The van der Waals surface area contributed by atoms with Crippen LogP contribution >= 0.6 is 0 Å². The van der Waals surface area contributed by atoms with Crippen molar-refractivity contribution in [1.82, 2.24) is 4.31 Å². The number of nitriles is 1. The highest BCUT2D eigenvalue weighted by molar-refractivity contribution is 7.89. The number of hydrogen-bond donors (Lipinski definition) is 0. The molecule has 0 bridgehead atoms. The Morgan fingerprint density at radius 1 is 1.25 bits per heavy atom. The van der Waals surface area contributed by atoms with Crippen molar-refractivity contribution in [3.63, 3.8) is 0 Å². The fourth-order valence-corrected chi connectivity index (χ4v) is 2.51. The summed E-state index contributed by atoms with van der Waals surface area (Å²) in [6.45, 7) is 3.61. The molecule has 0 atom stereocenters. The number of hydrogen-bond acceptors (Lipinski definition) is 3. The van der Waals surface area contributed by atoms with E-state index >= 15 is 0 Å². The Kier molecular flexibility index (Phi) is 3.68. The van der Waals surface area contributed by atoms with Gasteiger partial charge in [0.2, 0.25) is 10.0 Å². The van der Waals surface area contributed by atoms with E-state index in [4.69, 9.17) is 5.26 Å². The SMILES string of the molecule is CC(C)N(C)S(=O)(=O)c1ccc(C#N)cc1. The summed E-state index contributed by atoms with van der Waals surface area (Å²) < 4.78 is 25.3. The summed E-state index contributed by atoms with van der Waals surface area (Å²) in [5.74, 6) is 0. The fraction of sp³-hybridized carbons (Fsp3) is 0.364. The van der Waals surface area contributed by atoms with Crippen LogP contribution in [0.15, 0.2) is 29.2 Å². The number of rotatable bonds is 3. The molecule has 4 nitrogen and oxygen atoms in total. The van der Waals surface area contributed by atoms with Crippen LogP contribution in [0.3, 0.4) is 0 Å². The molecule has 0 saturated heterocycles. The first kappa shape index (κ1) is 12.7. The van der Waals surface area contributed by atoms with Crippen LogP contribution in [0.1, 0.15) is 19.4 Å². The monoisotopic (exact) mass is 238 g/mol. The number of benzene rings is 1. The first-order chi connectivity index (χ1) is 7.39. The Bertz CT molecular complexity index is 498. The van der Waals surface area contributed by atoms with Crippen LogP contribution < -0.4 is 0 Å². The van der Waals surface area contributed by atoms with Crippen molar-refractivity contribution in [2.45, 2.75) is 24.8 Å². The molecule has 0 fully saturated rings. The molecule has 0 aliphatic rings. The predicted molar refractivity (Wildman–Crippen MR) is 61.2 cm³/mol. The quantitative estimate of drug-likeness (QED) is 0.803. The number of nitrogens with zero attached hydrogens (tertiary/aromatic N) is 2. The minimum atomic E-state index is -3.44. The van der Waals surface area contributed by atoms with Gasteiger partial charge in [0.15, 0.2) is 0 Å². The Hall–Kier alpha value is -1.38. The van der Waals surface area contributed by atoms with Crippen LogP contribution in [-0.2, 0) is 10.0 Å². The van der Waals surface area contributed by atoms with Gasteiger partial charge in [0, 0.05) is 13.1 Å². The van der Waals surface area contributed by atoms with Gasteiger partial charge in [-0.2, -0.15) is 9.57 Å². The van der Waals surface area contributed by atoms with Crippen molar-refractivity contribution >= 4 is 10.0 Å². The normalized spacial score (nSPS) is 11.8. The van der Waals surface area contributed by atoms with Gasteiger partial charge in [-0.15, -0.1) is 0 Å². The van der Waals surface area contributed by atoms with Crippen LogP contribution in [0.2, 0.25) is 0 Å². The molecule has 86 valence electrons. The summed E-state index contributed by atoms with van der Waals surface area (Å²) in [5, 5.41) is 8.62. The van der Waals surface area contributed by atoms with E-state index in [1.54, 1.807) is 13.8 Å². The molecule has 0 N–H and O–H groups in total. The van der Waals surface area contributed by atoms with E-state index in [1.807, 2.05) is 6.07 Å². The molecule has 1 aromatic rings. The van der Waals surface area contributed by atoms with Gasteiger partial charge in [0.1, 0.15) is 0 Å². The molecule has 1 aromatic carbocycles. The molecule has 0 heterocycles. The lowest BCUT2D eigenvalue weighted by Gasteiger charge is -2.20. The second kappa shape index (κ2) is 4.64. The Morgan fingerprint density at radius 3 is 2.12 bits per heavy atom. The highest BCUT2D eigenvalue weighted by atomic mass is 32.2. The standard InChI is InChI=1S/C11H14N2O2S/c1-9(2)13(3)16(14,15)11-6-4-10(8-12)5-7-11/h4-7,9H,1-3H3. The van der Waals surface area contributed by atoms with Crippen LogP contribution in [0.25, 0.3) is 0 Å². The van der Waals surface area contributed by atoms with Gasteiger partial charge >= 0.3 is 0 Å². The van der Waals surface area contributed by atoms with Gasteiger partial charge in [-0.25, -0.2) is 8.42 Å². The summed E-state index contributed by atoms with van der Waals surface area (Å²) in [5.41, 5.74) is 0.450. The summed E-state index contributed by atoms with van der Waals surface area (Å²) in [4.78, 5) is 0.211. The van der Waals surface area contributed by atoms with Crippen LogP contribution in [0, 0.1) is 11.3 Å². The fourth-order valence-electron chi connectivity index (χ4n) is 1.15. The van der Waals surface area contributed by atoms with E-state index in [9.17, 15) is 8.42 Å². The van der Waals surface area contributed by atoms with E-state index in [1.165, 1.54) is 35.6 Å². The van der Waals surface area contributed by atoms with Crippen molar-refractivity contribution in [3.8, 4) is 6.07 Å². The summed E-state index contributed by atoms with van der Waals surface area (Å²) in [6.07, 6.45) is 0. The van der Waals surface area contributed by atoms with Gasteiger partial charge < -0.3 is 0 Å². The molecule has 0 aromatic heterocycles. The Balaban J connectivity index is 3.14. The maximum Gasteiger partial charge on any atom is 0.243 e. The largest absolute Gasteiger partial charge is 0.243 e. The second-order valence-electron chi connectivity index (χ2n) is 3.75. The molecule has 1 rings (SSSR count). The zero-order valence-electron chi connectivity index (χ0n) is 9.51. The summed E-state index contributed by atoms with van der Waals surface area (Å²) >= 11 is 0. The first-order valence-corrected chi connectivity index (χ1v) is 6.32. The minimum Gasteiger partial charge on any atom is -0.207 e. The van der Waals surface area contributed by atoms with Gasteiger partial charge in [0.05, 0.1) is 16.5 Å². The highest BCUT2D eigenvalue weighted by Crippen LogP contribution is 2.16. The predicted octanol–water partition coefficient (Wildman–Crippen LogP) is 1.59. The van der Waals surface area contributed by atoms with Crippen LogP contribution in [0.5, 0.6) is 0 Å². The third kappa shape index (κ3) is 2.40. The smallest absolute Gasteiger partial charge is 0.207 e. The molecule has 0 saturated carbocycles. The lowest BCUT2D eigenvalue weighted by molar-refractivity contribution is 0.410. The molecule has 0 radical (unpaired) electrons. The van der Waals surface area contributed by atoms with Crippen molar-refractivity contribution < 1.29 is 8.42 Å². The zero-order chi connectivity index (χ0) is 12.3. The Labute approximate surface area is 96.2 Å². The maximum atomic E-state index is 12.0. The molecule has 16 heavy (non-hydrogen) atoms. The van der Waals surface area contributed by atoms with E-state index in [2.05, 4.69) is 0 Å². The molecule has 0 aliphatic carbocycles. The van der Waals surface area contributed by atoms with Gasteiger partial charge in [0.25, 0.3) is 0 Å². The molecule has 5 heteroatoms. The van der Waals surface area contributed by atoms with E-state index in [0.29, 0.717) is 5.56 Å². The van der Waals surface area contributed by atoms with Crippen LogP contribution in [-0.4, -0.2) is 25.8 Å². The average molecular weight is 238 g/mol. The summed E-state index contributed by atoms with van der Waals surface area (Å²) in [7, 11) is -1.90. The zero-order valence-corrected chi connectivity index (χ0v) is 10.3. The molecular formula is C11H14N2O2S. The van der Waals surface area contributed by atoms with Gasteiger partial charge in [-0.1, -0.05) is 0 Å². The molecule has 0 amide bonds. The average Bonchev–Trinajstić information content (AvgIpc) is 2.28. The third-order valence-corrected chi connectivity index (χ3v) is 4.44. The van der Waals surface area contributed by atoms with E-state index in [-0.39, 0.29) is 10.9 Å². The Morgan fingerprint density at radius 2 is 1.75 bits per heavy atom. The summed E-state index contributed by atoms with van der Waals surface area (Å²) in [6, 6.07) is 7.76.